The van der Waals surface area contributed by atoms with Gasteiger partial charge in [-0.05, 0) is 19.4 Å². The van der Waals surface area contributed by atoms with Crippen LogP contribution in [0.3, 0.4) is 0 Å². The summed E-state index contributed by atoms with van der Waals surface area (Å²) in [6.07, 6.45) is 2.43. The Hall–Kier alpha value is -0.120. The van der Waals surface area contributed by atoms with Gasteiger partial charge in [0.15, 0.2) is 0 Å². The van der Waals surface area contributed by atoms with Gasteiger partial charge >= 0.3 is 0 Å². The standard InChI is InChI=1S/C11H22N2O/c1-11(2)8-14-7-10(11)13-5-3-4-9(12)6-13/h9-10H,3-8,12H2,1-2H3. The molecule has 2 heterocycles. The summed E-state index contributed by atoms with van der Waals surface area (Å²) in [5.41, 5.74) is 6.30. The fourth-order valence-electron chi connectivity index (χ4n) is 2.68. The minimum absolute atomic E-state index is 0.303. The highest BCUT2D eigenvalue weighted by atomic mass is 16.5. The first kappa shape index (κ1) is 10.4. The van der Waals surface area contributed by atoms with Crippen molar-refractivity contribution in [3.05, 3.63) is 0 Å². The highest BCUT2D eigenvalue weighted by Gasteiger charge is 2.40. The van der Waals surface area contributed by atoms with Crippen molar-refractivity contribution < 1.29 is 4.74 Å². The number of hydrogen-bond donors (Lipinski definition) is 1. The molecule has 2 rings (SSSR count). The van der Waals surface area contributed by atoms with Crippen molar-refractivity contribution in [2.75, 3.05) is 26.3 Å². The molecule has 0 spiro atoms. The van der Waals surface area contributed by atoms with Gasteiger partial charge in [-0.1, -0.05) is 13.8 Å². The van der Waals surface area contributed by atoms with Crippen LogP contribution in [0, 0.1) is 5.41 Å². The third kappa shape index (κ3) is 1.95. The van der Waals surface area contributed by atoms with Gasteiger partial charge < -0.3 is 10.5 Å². The van der Waals surface area contributed by atoms with Crippen LogP contribution in [-0.2, 0) is 4.74 Å². The summed E-state index contributed by atoms with van der Waals surface area (Å²) in [4.78, 5) is 2.53. The number of rotatable bonds is 1. The first-order chi connectivity index (χ1) is 6.59. The Labute approximate surface area is 86.6 Å². The zero-order valence-electron chi connectivity index (χ0n) is 9.33. The Morgan fingerprint density at radius 3 is 2.79 bits per heavy atom. The van der Waals surface area contributed by atoms with Crippen LogP contribution in [-0.4, -0.2) is 43.3 Å². The Morgan fingerprint density at radius 1 is 1.43 bits per heavy atom. The van der Waals surface area contributed by atoms with Crippen molar-refractivity contribution >= 4 is 0 Å². The Balaban J connectivity index is 2.00. The zero-order chi connectivity index (χ0) is 10.2. The Kier molecular flexibility index (Phi) is 2.82. The average molecular weight is 198 g/mol. The quantitative estimate of drug-likeness (QED) is 0.678. The van der Waals surface area contributed by atoms with E-state index in [4.69, 9.17) is 10.5 Å². The highest BCUT2D eigenvalue weighted by molar-refractivity contribution is 4.93. The van der Waals surface area contributed by atoms with Gasteiger partial charge in [-0.2, -0.15) is 0 Å². The molecular formula is C11H22N2O. The summed E-state index contributed by atoms with van der Waals surface area (Å²) in [5.74, 6) is 0. The Bertz CT molecular complexity index is 205. The first-order valence-electron chi connectivity index (χ1n) is 5.67. The first-order valence-corrected chi connectivity index (χ1v) is 5.67. The molecule has 3 nitrogen and oxygen atoms in total. The van der Waals surface area contributed by atoms with E-state index in [-0.39, 0.29) is 0 Å². The van der Waals surface area contributed by atoms with Crippen LogP contribution in [0.2, 0.25) is 0 Å². The van der Waals surface area contributed by atoms with Gasteiger partial charge in [0.25, 0.3) is 0 Å². The van der Waals surface area contributed by atoms with Crippen molar-refractivity contribution in [2.45, 2.75) is 38.8 Å². The van der Waals surface area contributed by atoms with Crippen LogP contribution in [0.25, 0.3) is 0 Å². The molecule has 2 unspecified atom stereocenters. The molecule has 82 valence electrons. The number of ether oxygens (including phenoxy) is 1. The SMILES string of the molecule is CC1(C)COCC1N1CCCC(N)C1. The maximum Gasteiger partial charge on any atom is 0.0628 e. The van der Waals surface area contributed by atoms with Gasteiger partial charge in [0.2, 0.25) is 0 Å². The number of piperidine rings is 1. The van der Waals surface area contributed by atoms with E-state index < -0.39 is 0 Å². The summed E-state index contributed by atoms with van der Waals surface area (Å²) in [7, 11) is 0. The molecule has 14 heavy (non-hydrogen) atoms. The molecule has 0 aromatic carbocycles. The van der Waals surface area contributed by atoms with Crippen molar-refractivity contribution in [2.24, 2.45) is 11.1 Å². The molecule has 2 atom stereocenters. The largest absolute Gasteiger partial charge is 0.379 e. The van der Waals surface area contributed by atoms with Gasteiger partial charge in [0.05, 0.1) is 13.2 Å². The van der Waals surface area contributed by atoms with Crippen LogP contribution in [0.4, 0.5) is 0 Å². The maximum absolute atomic E-state index is 6.00. The Morgan fingerprint density at radius 2 is 2.21 bits per heavy atom. The second-order valence-corrected chi connectivity index (χ2v) is 5.42. The van der Waals surface area contributed by atoms with Gasteiger partial charge in [0.1, 0.15) is 0 Å². The fourth-order valence-corrected chi connectivity index (χ4v) is 2.68. The number of likely N-dealkylation sites (tertiary alicyclic amines) is 1. The number of nitrogens with zero attached hydrogens (tertiary/aromatic N) is 1. The van der Waals surface area contributed by atoms with E-state index >= 15 is 0 Å². The smallest absolute Gasteiger partial charge is 0.0628 e. The van der Waals surface area contributed by atoms with E-state index in [0.29, 0.717) is 17.5 Å². The lowest BCUT2D eigenvalue weighted by Crippen LogP contribution is -2.52. The van der Waals surface area contributed by atoms with Crippen molar-refractivity contribution in [1.82, 2.24) is 4.90 Å². The predicted octanol–water partition coefficient (Wildman–Crippen LogP) is 0.835. The van der Waals surface area contributed by atoms with Gasteiger partial charge in [-0.15, -0.1) is 0 Å². The van der Waals surface area contributed by atoms with Crippen LogP contribution in [0.5, 0.6) is 0 Å². The third-order valence-electron chi connectivity index (χ3n) is 3.58. The summed E-state index contributed by atoms with van der Waals surface area (Å²) >= 11 is 0. The number of nitrogens with two attached hydrogens (primary N) is 1. The van der Waals surface area contributed by atoms with Crippen LogP contribution in [0.1, 0.15) is 26.7 Å². The molecule has 2 fully saturated rings. The van der Waals surface area contributed by atoms with Gasteiger partial charge in [-0.25, -0.2) is 0 Å². The fraction of sp³-hybridized carbons (Fsp3) is 1.00. The van der Waals surface area contributed by atoms with E-state index in [0.717, 1.165) is 19.8 Å². The topological polar surface area (TPSA) is 38.5 Å². The van der Waals surface area contributed by atoms with Crippen molar-refractivity contribution in [3.8, 4) is 0 Å². The predicted molar refractivity (Wildman–Crippen MR) is 57.2 cm³/mol. The molecule has 2 N–H and O–H groups in total. The zero-order valence-corrected chi connectivity index (χ0v) is 9.33. The van der Waals surface area contributed by atoms with E-state index in [1.165, 1.54) is 19.4 Å². The van der Waals surface area contributed by atoms with Crippen molar-refractivity contribution in [1.29, 1.82) is 0 Å². The minimum Gasteiger partial charge on any atom is -0.379 e. The van der Waals surface area contributed by atoms with E-state index in [1.54, 1.807) is 0 Å². The number of hydrogen-bond acceptors (Lipinski definition) is 3. The molecule has 0 aromatic heterocycles. The van der Waals surface area contributed by atoms with Crippen LogP contribution in [0.15, 0.2) is 0 Å². The second kappa shape index (κ2) is 3.80. The lowest BCUT2D eigenvalue weighted by atomic mass is 9.85. The maximum atomic E-state index is 6.00. The minimum atomic E-state index is 0.303. The van der Waals surface area contributed by atoms with Crippen LogP contribution >= 0.6 is 0 Å². The normalized spacial score (nSPS) is 38.8. The summed E-state index contributed by atoms with van der Waals surface area (Å²) in [6, 6.07) is 0.953. The molecule has 2 aliphatic heterocycles. The van der Waals surface area contributed by atoms with Crippen molar-refractivity contribution in [3.63, 3.8) is 0 Å². The molecule has 2 aliphatic rings. The molecule has 0 radical (unpaired) electrons. The molecule has 0 bridgehead atoms. The van der Waals surface area contributed by atoms with Crippen LogP contribution < -0.4 is 5.73 Å². The van der Waals surface area contributed by atoms with Gasteiger partial charge in [0, 0.05) is 24.0 Å². The second-order valence-electron chi connectivity index (χ2n) is 5.42. The highest BCUT2D eigenvalue weighted by Crippen LogP contribution is 2.32. The van der Waals surface area contributed by atoms with E-state index in [2.05, 4.69) is 18.7 Å². The molecule has 0 amide bonds. The molecule has 0 saturated carbocycles. The van der Waals surface area contributed by atoms with Gasteiger partial charge in [-0.3, -0.25) is 4.90 Å². The molecule has 3 heteroatoms. The van der Waals surface area contributed by atoms with E-state index in [9.17, 15) is 0 Å². The summed E-state index contributed by atoms with van der Waals surface area (Å²) in [6.45, 7) is 8.63. The lowest BCUT2D eigenvalue weighted by molar-refractivity contribution is 0.0940. The summed E-state index contributed by atoms with van der Waals surface area (Å²) < 4.78 is 5.58. The molecule has 2 saturated heterocycles. The van der Waals surface area contributed by atoms with E-state index in [1.807, 2.05) is 0 Å². The average Bonchev–Trinajstić information content (AvgIpc) is 2.45. The molecule has 0 aromatic rings. The monoisotopic (exact) mass is 198 g/mol. The summed E-state index contributed by atoms with van der Waals surface area (Å²) in [5, 5.41) is 0. The molecular weight excluding hydrogens is 176 g/mol. The third-order valence-corrected chi connectivity index (χ3v) is 3.58. The molecule has 0 aliphatic carbocycles. The lowest BCUT2D eigenvalue weighted by Gasteiger charge is -2.40.